The van der Waals surface area contributed by atoms with E-state index in [-0.39, 0.29) is 10.6 Å². The van der Waals surface area contributed by atoms with Crippen LogP contribution in [0, 0.1) is 27.7 Å². The summed E-state index contributed by atoms with van der Waals surface area (Å²) in [6, 6.07) is 5.31. The second kappa shape index (κ2) is 5.96. The molecule has 0 radical (unpaired) electrons. The first kappa shape index (κ1) is 17.1. The van der Waals surface area contributed by atoms with E-state index in [2.05, 4.69) is 14.7 Å². The van der Waals surface area contributed by atoms with Gasteiger partial charge in [0.25, 0.3) is 15.9 Å². The summed E-state index contributed by atoms with van der Waals surface area (Å²) in [6.45, 7) is 6.84. The molecule has 0 aliphatic heterocycles. The van der Waals surface area contributed by atoms with Gasteiger partial charge in [-0.2, -0.15) is 0 Å². The van der Waals surface area contributed by atoms with Crippen LogP contribution in [0.15, 0.2) is 35.5 Å². The van der Waals surface area contributed by atoms with Crippen LogP contribution >= 0.6 is 0 Å². The third-order valence-corrected chi connectivity index (χ3v) is 5.80. The van der Waals surface area contributed by atoms with Gasteiger partial charge < -0.3 is 4.40 Å². The monoisotopic (exact) mass is 358 g/mol. The van der Waals surface area contributed by atoms with E-state index in [4.69, 9.17) is 0 Å². The molecule has 0 unspecified atom stereocenters. The standard InChI is InChI=1S/C17H18N4O3S/c1-10-12(3)18-13(4)11(2)16(10)25(23,24)20-17(22)14-9-21-8-6-5-7-15(21)19-14/h5-9H,1-4H3,(H,20,22). The molecule has 0 aromatic carbocycles. The van der Waals surface area contributed by atoms with Crippen LogP contribution in [0.5, 0.6) is 0 Å². The maximum Gasteiger partial charge on any atom is 0.285 e. The first-order chi connectivity index (χ1) is 11.7. The molecule has 0 spiro atoms. The minimum atomic E-state index is -4.04. The van der Waals surface area contributed by atoms with Crippen molar-refractivity contribution in [1.29, 1.82) is 0 Å². The largest absolute Gasteiger partial charge is 0.306 e. The first-order valence-corrected chi connectivity index (χ1v) is 9.14. The Morgan fingerprint density at radius 1 is 1.04 bits per heavy atom. The van der Waals surface area contributed by atoms with Crippen molar-refractivity contribution in [2.24, 2.45) is 0 Å². The van der Waals surface area contributed by atoms with Gasteiger partial charge in [-0.15, -0.1) is 0 Å². The van der Waals surface area contributed by atoms with Gasteiger partial charge in [-0.05, 0) is 51.0 Å². The number of nitrogens with one attached hydrogen (secondary N) is 1. The summed E-state index contributed by atoms with van der Waals surface area (Å²) in [7, 11) is -4.04. The average molecular weight is 358 g/mol. The Morgan fingerprint density at radius 2 is 1.68 bits per heavy atom. The number of aryl methyl sites for hydroxylation is 2. The molecular formula is C17H18N4O3S. The quantitative estimate of drug-likeness (QED) is 0.774. The molecule has 25 heavy (non-hydrogen) atoms. The molecule has 0 bridgehead atoms. The Balaban J connectivity index is 2.01. The van der Waals surface area contributed by atoms with Gasteiger partial charge in [-0.25, -0.2) is 18.1 Å². The van der Waals surface area contributed by atoms with Gasteiger partial charge in [0.2, 0.25) is 0 Å². The van der Waals surface area contributed by atoms with Crippen molar-refractivity contribution in [1.82, 2.24) is 19.1 Å². The lowest BCUT2D eigenvalue weighted by Crippen LogP contribution is -2.32. The van der Waals surface area contributed by atoms with Crippen molar-refractivity contribution in [3.05, 3.63) is 58.8 Å². The number of nitrogens with zero attached hydrogens (tertiary/aromatic N) is 3. The number of carbonyl (C=O) groups excluding carboxylic acids is 1. The number of rotatable bonds is 3. The molecule has 0 saturated carbocycles. The highest BCUT2D eigenvalue weighted by Gasteiger charge is 2.26. The molecule has 3 rings (SSSR count). The predicted octanol–water partition coefficient (Wildman–Crippen LogP) is 2.08. The molecule has 0 saturated heterocycles. The molecule has 130 valence electrons. The molecule has 8 heteroatoms. The maximum atomic E-state index is 12.8. The fraction of sp³-hybridized carbons (Fsp3) is 0.235. The van der Waals surface area contributed by atoms with Gasteiger partial charge in [0.1, 0.15) is 11.3 Å². The zero-order chi connectivity index (χ0) is 18.4. The molecule has 3 aromatic heterocycles. The van der Waals surface area contributed by atoms with Crippen LogP contribution < -0.4 is 4.72 Å². The Bertz CT molecular complexity index is 1040. The Morgan fingerprint density at radius 3 is 2.28 bits per heavy atom. The highest BCUT2D eigenvalue weighted by atomic mass is 32.2. The number of hydrogen-bond donors (Lipinski definition) is 1. The second-order valence-corrected chi connectivity index (χ2v) is 7.51. The molecule has 3 heterocycles. The summed E-state index contributed by atoms with van der Waals surface area (Å²) < 4.78 is 29.3. The summed E-state index contributed by atoms with van der Waals surface area (Å²) in [6.07, 6.45) is 3.22. The van der Waals surface area contributed by atoms with Crippen molar-refractivity contribution >= 4 is 21.6 Å². The van der Waals surface area contributed by atoms with Gasteiger partial charge in [-0.1, -0.05) is 6.07 Å². The van der Waals surface area contributed by atoms with Gasteiger partial charge in [-0.3, -0.25) is 9.78 Å². The smallest absolute Gasteiger partial charge is 0.285 e. The Labute approximate surface area is 145 Å². The molecule has 0 aliphatic rings. The lowest BCUT2D eigenvalue weighted by Gasteiger charge is -2.14. The number of imidazole rings is 1. The minimum Gasteiger partial charge on any atom is -0.306 e. The Kier molecular flexibility index (Phi) is 4.08. The average Bonchev–Trinajstić information content (AvgIpc) is 2.97. The van der Waals surface area contributed by atoms with E-state index in [9.17, 15) is 13.2 Å². The molecule has 7 nitrogen and oxygen atoms in total. The summed E-state index contributed by atoms with van der Waals surface area (Å²) in [5, 5.41) is 0. The van der Waals surface area contributed by atoms with Crippen molar-refractivity contribution < 1.29 is 13.2 Å². The van der Waals surface area contributed by atoms with Gasteiger partial charge in [0, 0.05) is 23.8 Å². The Hall–Kier alpha value is -2.74. The molecular weight excluding hydrogens is 340 g/mol. The third kappa shape index (κ3) is 3.00. The minimum absolute atomic E-state index is 0.0348. The summed E-state index contributed by atoms with van der Waals surface area (Å²) in [4.78, 5) is 21.0. The van der Waals surface area contributed by atoms with Crippen LogP contribution in [0.3, 0.4) is 0 Å². The fourth-order valence-electron chi connectivity index (χ4n) is 2.70. The molecule has 3 aromatic rings. The van der Waals surface area contributed by atoms with E-state index < -0.39 is 15.9 Å². The summed E-state index contributed by atoms with van der Waals surface area (Å²) in [5.41, 5.74) is 2.88. The van der Waals surface area contributed by atoms with E-state index >= 15 is 0 Å². The van der Waals surface area contributed by atoms with Gasteiger partial charge in [0.05, 0.1) is 4.90 Å². The van der Waals surface area contributed by atoms with E-state index in [1.54, 1.807) is 56.5 Å². The number of amides is 1. The van der Waals surface area contributed by atoms with Crippen LogP contribution in [0.25, 0.3) is 5.65 Å². The SMILES string of the molecule is Cc1nc(C)c(C)c(S(=O)(=O)NC(=O)c2cn3ccccc3n2)c1C. The van der Waals surface area contributed by atoms with E-state index in [1.807, 2.05) is 0 Å². The normalized spacial score (nSPS) is 11.7. The van der Waals surface area contributed by atoms with E-state index in [0.29, 0.717) is 28.2 Å². The van der Waals surface area contributed by atoms with E-state index in [0.717, 1.165) is 0 Å². The van der Waals surface area contributed by atoms with Gasteiger partial charge in [0.15, 0.2) is 0 Å². The van der Waals surface area contributed by atoms with Crippen molar-refractivity contribution in [2.75, 3.05) is 0 Å². The maximum absolute atomic E-state index is 12.8. The molecule has 1 amide bonds. The summed E-state index contributed by atoms with van der Waals surface area (Å²) in [5.74, 6) is -0.769. The number of fused-ring (bicyclic) bond motifs is 1. The highest BCUT2D eigenvalue weighted by Crippen LogP contribution is 2.24. The topological polar surface area (TPSA) is 93.4 Å². The zero-order valence-electron chi connectivity index (χ0n) is 14.4. The lowest BCUT2D eigenvalue weighted by molar-refractivity contribution is 0.0977. The molecule has 0 fully saturated rings. The summed E-state index contributed by atoms with van der Waals surface area (Å²) >= 11 is 0. The van der Waals surface area contributed by atoms with Crippen molar-refractivity contribution in [3.63, 3.8) is 0 Å². The van der Waals surface area contributed by atoms with Crippen molar-refractivity contribution in [3.8, 4) is 0 Å². The zero-order valence-corrected chi connectivity index (χ0v) is 15.2. The number of aromatic nitrogens is 3. The number of carbonyl (C=O) groups is 1. The third-order valence-electron chi connectivity index (χ3n) is 4.19. The van der Waals surface area contributed by atoms with Crippen LogP contribution in [-0.4, -0.2) is 28.7 Å². The van der Waals surface area contributed by atoms with Crippen LogP contribution in [-0.2, 0) is 10.0 Å². The number of pyridine rings is 2. The predicted molar refractivity (Wildman–Crippen MR) is 93.0 cm³/mol. The number of hydrogen-bond acceptors (Lipinski definition) is 5. The fourth-order valence-corrected chi connectivity index (χ4v) is 4.25. The first-order valence-electron chi connectivity index (χ1n) is 7.66. The van der Waals surface area contributed by atoms with Crippen LogP contribution in [0.1, 0.15) is 33.0 Å². The second-order valence-electron chi connectivity index (χ2n) is 5.89. The van der Waals surface area contributed by atoms with Crippen molar-refractivity contribution in [2.45, 2.75) is 32.6 Å². The highest BCUT2D eigenvalue weighted by molar-refractivity contribution is 7.90. The lowest BCUT2D eigenvalue weighted by atomic mass is 10.1. The molecule has 0 atom stereocenters. The van der Waals surface area contributed by atoms with E-state index in [1.165, 1.54) is 6.20 Å². The van der Waals surface area contributed by atoms with Crippen LogP contribution in [0.2, 0.25) is 0 Å². The molecule has 0 aliphatic carbocycles. The van der Waals surface area contributed by atoms with Crippen LogP contribution in [0.4, 0.5) is 0 Å². The number of sulfonamides is 1. The molecule has 1 N–H and O–H groups in total. The van der Waals surface area contributed by atoms with Gasteiger partial charge >= 0.3 is 0 Å².